The van der Waals surface area contributed by atoms with Crippen LogP contribution in [0.4, 0.5) is 0 Å². The molecule has 0 radical (unpaired) electrons. The molecule has 2 aliphatic heterocycles. The molecule has 2 saturated heterocycles. The molecule has 2 bridgehead atoms. The first kappa shape index (κ1) is 11.0. The fourth-order valence-electron chi connectivity index (χ4n) is 3.10. The fourth-order valence-corrected chi connectivity index (χ4v) is 3.10. The smallest absolute Gasteiger partial charge is 0.0859 e. The maximum atomic E-state index is 9.37. The van der Waals surface area contributed by atoms with Gasteiger partial charge in [0.15, 0.2) is 0 Å². The Bertz CT molecular complexity index is 258. The van der Waals surface area contributed by atoms with E-state index < -0.39 is 0 Å². The van der Waals surface area contributed by atoms with Crippen LogP contribution in [0, 0.1) is 16.7 Å². The second kappa shape index (κ2) is 4.53. The fraction of sp³-hybridized carbons (Fsp3) is 0.923. The van der Waals surface area contributed by atoms with Crippen molar-refractivity contribution in [2.24, 2.45) is 5.41 Å². The molecule has 0 amide bonds. The predicted octanol–water partition coefficient (Wildman–Crippen LogP) is 3.42. The largest absolute Gasteiger partial charge is 0.373 e. The zero-order valence-electron chi connectivity index (χ0n) is 9.67. The molecule has 2 fully saturated rings. The molecule has 0 spiro atoms. The highest BCUT2D eigenvalue weighted by Gasteiger charge is 2.52. The Hall–Kier alpha value is -0.550. The third-order valence-corrected chi connectivity index (χ3v) is 4.01. The van der Waals surface area contributed by atoms with Crippen LogP contribution in [0.2, 0.25) is 0 Å². The van der Waals surface area contributed by atoms with Gasteiger partial charge in [0.05, 0.1) is 23.7 Å². The van der Waals surface area contributed by atoms with Gasteiger partial charge in [-0.15, -0.1) is 0 Å². The summed E-state index contributed by atoms with van der Waals surface area (Å²) in [5.74, 6) is 0. The first-order valence-electron chi connectivity index (χ1n) is 6.37. The van der Waals surface area contributed by atoms with Crippen molar-refractivity contribution in [3.05, 3.63) is 0 Å². The van der Waals surface area contributed by atoms with Gasteiger partial charge in [0, 0.05) is 0 Å². The summed E-state index contributed by atoms with van der Waals surface area (Å²) < 4.78 is 5.81. The molecule has 3 unspecified atom stereocenters. The van der Waals surface area contributed by atoms with Crippen LogP contribution in [0.25, 0.3) is 0 Å². The SMILES string of the molecule is CCCCCCC1(C#N)CC2CCC1O2. The average molecular weight is 207 g/mol. The van der Waals surface area contributed by atoms with Crippen molar-refractivity contribution in [1.29, 1.82) is 5.26 Å². The van der Waals surface area contributed by atoms with Crippen molar-refractivity contribution >= 4 is 0 Å². The van der Waals surface area contributed by atoms with Gasteiger partial charge in [-0.3, -0.25) is 0 Å². The van der Waals surface area contributed by atoms with Crippen molar-refractivity contribution in [3.8, 4) is 6.07 Å². The quantitative estimate of drug-likeness (QED) is 0.647. The highest BCUT2D eigenvalue weighted by atomic mass is 16.5. The molecule has 2 heterocycles. The molecular weight excluding hydrogens is 186 g/mol. The Morgan fingerprint density at radius 2 is 2.20 bits per heavy atom. The zero-order valence-corrected chi connectivity index (χ0v) is 9.67. The van der Waals surface area contributed by atoms with E-state index in [9.17, 15) is 5.26 Å². The third kappa shape index (κ3) is 2.03. The average Bonchev–Trinajstić information content (AvgIpc) is 2.85. The van der Waals surface area contributed by atoms with Crippen LogP contribution in [0.15, 0.2) is 0 Å². The maximum Gasteiger partial charge on any atom is 0.0859 e. The van der Waals surface area contributed by atoms with E-state index in [0.29, 0.717) is 6.10 Å². The van der Waals surface area contributed by atoms with E-state index in [1.807, 2.05) is 0 Å². The summed E-state index contributed by atoms with van der Waals surface area (Å²) in [7, 11) is 0. The summed E-state index contributed by atoms with van der Waals surface area (Å²) in [5.41, 5.74) is -0.114. The highest BCUT2D eigenvalue weighted by Crippen LogP contribution is 2.50. The number of rotatable bonds is 5. The highest BCUT2D eigenvalue weighted by molar-refractivity contribution is 5.12. The molecule has 2 rings (SSSR count). The van der Waals surface area contributed by atoms with Gasteiger partial charge in [0.25, 0.3) is 0 Å². The van der Waals surface area contributed by atoms with Gasteiger partial charge >= 0.3 is 0 Å². The summed E-state index contributed by atoms with van der Waals surface area (Å²) in [6.07, 6.45) is 10.1. The summed E-state index contributed by atoms with van der Waals surface area (Å²) in [4.78, 5) is 0. The molecule has 2 aliphatic rings. The van der Waals surface area contributed by atoms with Crippen LogP contribution >= 0.6 is 0 Å². The first-order valence-corrected chi connectivity index (χ1v) is 6.37. The normalized spacial score (nSPS) is 38.1. The summed E-state index contributed by atoms with van der Waals surface area (Å²) in [5, 5.41) is 9.37. The van der Waals surface area contributed by atoms with Gasteiger partial charge in [-0.2, -0.15) is 5.26 Å². The van der Waals surface area contributed by atoms with Gasteiger partial charge in [-0.05, 0) is 25.7 Å². The van der Waals surface area contributed by atoms with E-state index in [1.54, 1.807) is 0 Å². The van der Waals surface area contributed by atoms with Gasteiger partial charge in [0.1, 0.15) is 0 Å². The van der Waals surface area contributed by atoms with E-state index >= 15 is 0 Å². The van der Waals surface area contributed by atoms with Crippen molar-refractivity contribution in [2.45, 2.75) is 70.5 Å². The van der Waals surface area contributed by atoms with Crippen LogP contribution in [-0.2, 0) is 4.74 Å². The molecular formula is C13H21NO. The topological polar surface area (TPSA) is 33.0 Å². The van der Waals surface area contributed by atoms with E-state index in [1.165, 1.54) is 32.1 Å². The lowest BCUT2D eigenvalue weighted by atomic mass is 9.72. The van der Waals surface area contributed by atoms with E-state index in [-0.39, 0.29) is 11.5 Å². The summed E-state index contributed by atoms with van der Waals surface area (Å²) in [6.45, 7) is 2.22. The molecule has 0 aliphatic carbocycles. The number of hydrogen-bond donors (Lipinski definition) is 0. The number of ether oxygens (including phenoxy) is 1. The number of nitrogens with zero attached hydrogens (tertiary/aromatic N) is 1. The van der Waals surface area contributed by atoms with Gasteiger partial charge < -0.3 is 4.74 Å². The second-order valence-corrected chi connectivity index (χ2v) is 5.11. The Kier molecular flexibility index (Phi) is 3.31. The lowest BCUT2D eigenvalue weighted by molar-refractivity contribution is 0.0755. The minimum Gasteiger partial charge on any atom is -0.373 e. The van der Waals surface area contributed by atoms with E-state index in [0.717, 1.165) is 19.3 Å². The Labute approximate surface area is 92.6 Å². The minimum absolute atomic E-state index is 0.114. The zero-order chi connectivity index (χ0) is 10.7. The van der Waals surface area contributed by atoms with Crippen LogP contribution in [-0.4, -0.2) is 12.2 Å². The molecule has 84 valence electrons. The Morgan fingerprint density at radius 1 is 1.33 bits per heavy atom. The van der Waals surface area contributed by atoms with Crippen molar-refractivity contribution in [1.82, 2.24) is 0 Å². The van der Waals surface area contributed by atoms with Crippen LogP contribution < -0.4 is 0 Å². The third-order valence-electron chi connectivity index (χ3n) is 4.01. The standard InChI is InChI=1S/C13H21NO/c1-2-3-4-5-8-13(10-14)9-11-6-7-12(13)15-11/h11-12H,2-9H2,1H3. The first-order chi connectivity index (χ1) is 7.30. The second-order valence-electron chi connectivity index (χ2n) is 5.11. The van der Waals surface area contributed by atoms with Crippen molar-refractivity contribution < 1.29 is 4.74 Å². The van der Waals surface area contributed by atoms with Crippen molar-refractivity contribution in [3.63, 3.8) is 0 Å². The molecule has 3 atom stereocenters. The van der Waals surface area contributed by atoms with Crippen LogP contribution in [0.1, 0.15) is 58.3 Å². The molecule has 0 saturated carbocycles. The van der Waals surface area contributed by atoms with Crippen LogP contribution in [0.5, 0.6) is 0 Å². The van der Waals surface area contributed by atoms with Crippen molar-refractivity contribution in [2.75, 3.05) is 0 Å². The van der Waals surface area contributed by atoms with Gasteiger partial charge in [-0.1, -0.05) is 32.6 Å². The maximum absolute atomic E-state index is 9.37. The lowest BCUT2D eigenvalue weighted by Gasteiger charge is -2.28. The van der Waals surface area contributed by atoms with Gasteiger partial charge in [0.2, 0.25) is 0 Å². The molecule has 0 aromatic carbocycles. The monoisotopic (exact) mass is 207 g/mol. The molecule has 15 heavy (non-hydrogen) atoms. The summed E-state index contributed by atoms with van der Waals surface area (Å²) >= 11 is 0. The number of hydrogen-bond acceptors (Lipinski definition) is 2. The lowest BCUT2D eigenvalue weighted by Crippen LogP contribution is -2.30. The van der Waals surface area contributed by atoms with E-state index in [4.69, 9.17) is 4.74 Å². The molecule has 2 heteroatoms. The number of fused-ring (bicyclic) bond motifs is 2. The van der Waals surface area contributed by atoms with Gasteiger partial charge in [-0.25, -0.2) is 0 Å². The van der Waals surface area contributed by atoms with Crippen LogP contribution in [0.3, 0.4) is 0 Å². The molecule has 0 aromatic rings. The number of nitriles is 1. The molecule has 0 aromatic heterocycles. The number of unbranched alkanes of at least 4 members (excludes halogenated alkanes) is 3. The summed E-state index contributed by atoms with van der Waals surface area (Å²) in [6, 6.07) is 2.56. The Morgan fingerprint density at radius 3 is 2.73 bits per heavy atom. The van der Waals surface area contributed by atoms with E-state index in [2.05, 4.69) is 13.0 Å². The predicted molar refractivity (Wildman–Crippen MR) is 59.3 cm³/mol. The molecule has 0 N–H and O–H groups in total. The molecule has 2 nitrogen and oxygen atoms in total. The Balaban J connectivity index is 1.85. The minimum atomic E-state index is -0.114.